The van der Waals surface area contributed by atoms with Gasteiger partial charge in [-0.25, -0.2) is 12.8 Å². The summed E-state index contributed by atoms with van der Waals surface area (Å²) >= 11 is 0. The van der Waals surface area contributed by atoms with Crippen LogP contribution in [0.15, 0.2) is 24.3 Å². The Morgan fingerprint density at radius 3 is 2.30 bits per heavy atom. The highest BCUT2D eigenvalue weighted by Gasteiger charge is 2.27. The van der Waals surface area contributed by atoms with E-state index in [1.807, 2.05) is 0 Å². The Balaban J connectivity index is 1.93. The summed E-state index contributed by atoms with van der Waals surface area (Å²) in [7, 11) is -1.86. The summed E-state index contributed by atoms with van der Waals surface area (Å²) < 4.78 is 37.2. The van der Waals surface area contributed by atoms with E-state index in [-0.39, 0.29) is 17.7 Å². The minimum atomic E-state index is -3.55. The first-order chi connectivity index (χ1) is 10.8. The van der Waals surface area contributed by atoms with Crippen LogP contribution in [0.4, 0.5) is 4.39 Å². The fourth-order valence-electron chi connectivity index (χ4n) is 3.01. The molecule has 0 atom stereocenters. The van der Waals surface area contributed by atoms with Gasteiger partial charge in [-0.1, -0.05) is 19.1 Å². The van der Waals surface area contributed by atoms with Crippen LogP contribution < -0.4 is 0 Å². The zero-order valence-electron chi connectivity index (χ0n) is 13.7. The molecule has 1 aliphatic carbocycles. The van der Waals surface area contributed by atoms with Gasteiger partial charge in [-0.15, -0.1) is 0 Å². The molecule has 1 amide bonds. The molecular weight excluding hydrogens is 317 g/mol. The van der Waals surface area contributed by atoms with Gasteiger partial charge in [0.1, 0.15) is 11.6 Å². The van der Waals surface area contributed by atoms with E-state index in [2.05, 4.69) is 6.92 Å². The van der Waals surface area contributed by atoms with Gasteiger partial charge in [-0.2, -0.15) is 0 Å². The van der Waals surface area contributed by atoms with Gasteiger partial charge in [0.05, 0.1) is 5.75 Å². The average molecular weight is 341 g/mol. The SMILES string of the molecule is CC1CCC(N(C)C(=O)CS(=O)(=O)Cc2ccc(F)cc2)CC1. The third kappa shape index (κ3) is 5.30. The molecule has 0 aromatic heterocycles. The first-order valence-corrected chi connectivity index (χ1v) is 9.79. The molecule has 1 aliphatic rings. The number of benzene rings is 1. The van der Waals surface area contributed by atoms with Crippen LogP contribution in [-0.2, 0) is 20.4 Å². The van der Waals surface area contributed by atoms with Gasteiger partial charge in [0.15, 0.2) is 9.84 Å². The zero-order valence-corrected chi connectivity index (χ0v) is 14.5. The minimum Gasteiger partial charge on any atom is -0.342 e. The van der Waals surface area contributed by atoms with E-state index in [9.17, 15) is 17.6 Å². The lowest BCUT2D eigenvalue weighted by atomic mass is 9.87. The Morgan fingerprint density at radius 2 is 1.74 bits per heavy atom. The summed E-state index contributed by atoms with van der Waals surface area (Å²) in [6.45, 7) is 2.20. The predicted octanol–water partition coefficient (Wildman–Crippen LogP) is 2.78. The maximum absolute atomic E-state index is 12.9. The minimum absolute atomic E-state index is 0.139. The van der Waals surface area contributed by atoms with Crippen LogP contribution in [0.1, 0.15) is 38.2 Å². The number of sulfone groups is 1. The van der Waals surface area contributed by atoms with Crippen molar-refractivity contribution in [3.8, 4) is 0 Å². The van der Waals surface area contributed by atoms with Gasteiger partial charge in [0.25, 0.3) is 0 Å². The molecule has 1 fully saturated rings. The summed E-state index contributed by atoms with van der Waals surface area (Å²) in [4.78, 5) is 13.9. The molecule has 1 saturated carbocycles. The Kier molecular flexibility index (Phi) is 5.79. The molecule has 0 unspecified atom stereocenters. The van der Waals surface area contributed by atoms with Crippen molar-refractivity contribution >= 4 is 15.7 Å². The van der Waals surface area contributed by atoms with Crippen molar-refractivity contribution in [2.24, 2.45) is 5.92 Å². The fourth-order valence-corrected chi connectivity index (χ4v) is 4.39. The van der Waals surface area contributed by atoms with Crippen molar-refractivity contribution < 1.29 is 17.6 Å². The van der Waals surface area contributed by atoms with Gasteiger partial charge in [0.2, 0.25) is 5.91 Å². The van der Waals surface area contributed by atoms with E-state index in [0.717, 1.165) is 25.7 Å². The molecule has 0 aliphatic heterocycles. The van der Waals surface area contributed by atoms with Crippen LogP contribution in [0.25, 0.3) is 0 Å². The van der Waals surface area contributed by atoms with Crippen LogP contribution >= 0.6 is 0 Å². The average Bonchev–Trinajstić information content (AvgIpc) is 2.49. The fraction of sp³-hybridized carbons (Fsp3) is 0.588. The Hall–Kier alpha value is -1.43. The molecule has 2 rings (SSSR count). The van der Waals surface area contributed by atoms with Crippen molar-refractivity contribution in [1.82, 2.24) is 4.90 Å². The molecule has 6 heteroatoms. The van der Waals surface area contributed by atoms with Gasteiger partial charge in [-0.3, -0.25) is 4.79 Å². The molecule has 0 radical (unpaired) electrons. The smallest absolute Gasteiger partial charge is 0.237 e. The lowest BCUT2D eigenvalue weighted by Gasteiger charge is -2.33. The second-order valence-corrected chi connectivity index (χ2v) is 8.64. The van der Waals surface area contributed by atoms with Gasteiger partial charge >= 0.3 is 0 Å². The maximum Gasteiger partial charge on any atom is 0.237 e. The van der Waals surface area contributed by atoms with E-state index >= 15 is 0 Å². The number of rotatable bonds is 5. The second kappa shape index (κ2) is 7.43. The van der Waals surface area contributed by atoms with Crippen molar-refractivity contribution in [2.75, 3.05) is 12.8 Å². The summed E-state index contributed by atoms with van der Waals surface area (Å²) in [5.74, 6) is -0.821. The number of carbonyl (C=O) groups is 1. The molecule has 1 aromatic rings. The molecule has 0 spiro atoms. The van der Waals surface area contributed by atoms with Crippen LogP contribution in [0, 0.1) is 11.7 Å². The largest absolute Gasteiger partial charge is 0.342 e. The highest BCUT2D eigenvalue weighted by molar-refractivity contribution is 7.91. The molecule has 1 aromatic carbocycles. The summed E-state index contributed by atoms with van der Waals surface area (Å²) in [5, 5.41) is 0. The lowest BCUT2D eigenvalue weighted by Crippen LogP contribution is -2.42. The van der Waals surface area contributed by atoms with Crippen molar-refractivity contribution in [3.05, 3.63) is 35.6 Å². The second-order valence-electron chi connectivity index (χ2n) is 6.58. The van der Waals surface area contributed by atoms with Gasteiger partial charge < -0.3 is 4.90 Å². The summed E-state index contributed by atoms with van der Waals surface area (Å²) in [6.07, 6.45) is 4.01. The topological polar surface area (TPSA) is 54.5 Å². The molecule has 0 bridgehead atoms. The standard InChI is InChI=1S/C17H24FNO3S/c1-13-3-9-16(10-4-13)19(2)17(20)12-23(21,22)11-14-5-7-15(18)8-6-14/h5-8,13,16H,3-4,9-12H2,1-2H3. The highest BCUT2D eigenvalue weighted by Crippen LogP contribution is 2.26. The molecule has 0 heterocycles. The van der Waals surface area contributed by atoms with E-state index in [1.54, 1.807) is 11.9 Å². The molecular formula is C17H24FNO3S. The van der Waals surface area contributed by atoms with E-state index < -0.39 is 21.4 Å². The quantitative estimate of drug-likeness (QED) is 0.827. The Morgan fingerprint density at radius 1 is 1.17 bits per heavy atom. The van der Waals surface area contributed by atoms with Crippen molar-refractivity contribution in [1.29, 1.82) is 0 Å². The number of hydrogen-bond acceptors (Lipinski definition) is 3. The summed E-state index contributed by atoms with van der Waals surface area (Å²) in [5.41, 5.74) is 0.494. The highest BCUT2D eigenvalue weighted by atomic mass is 32.2. The summed E-state index contributed by atoms with van der Waals surface area (Å²) in [6, 6.07) is 5.46. The molecule has 23 heavy (non-hydrogen) atoms. The first-order valence-electron chi connectivity index (χ1n) is 7.97. The third-order valence-electron chi connectivity index (χ3n) is 4.57. The van der Waals surface area contributed by atoms with Crippen molar-refractivity contribution in [3.63, 3.8) is 0 Å². The van der Waals surface area contributed by atoms with Gasteiger partial charge in [-0.05, 0) is 49.3 Å². The molecule has 128 valence electrons. The normalized spacial score (nSPS) is 21.9. The van der Waals surface area contributed by atoms with E-state index in [0.29, 0.717) is 11.5 Å². The Labute approximate surface area is 137 Å². The monoisotopic (exact) mass is 341 g/mol. The number of halogens is 1. The molecule has 0 saturated heterocycles. The van der Waals surface area contributed by atoms with Crippen LogP contribution in [-0.4, -0.2) is 38.1 Å². The number of carbonyl (C=O) groups excluding carboxylic acids is 1. The van der Waals surface area contributed by atoms with E-state index in [4.69, 9.17) is 0 Å². The van der Waals surface area contributed by atoms with Gasteiger partial charge in [0, 0.05) is 13.1 Å². The predicted molar refractivity (Wildman–Crippen MR) is 88.1 cm³/mol. The zero-order chi connectivity index (χ0) is 17.0. The Bertz CT molecular complexity index is 634. The molecule has 0 N–H and O–H groups in total. The number of nitrogens with zero attached hydrogens (tertiary/aromatic N) is 1. The van der Waals surface area contributed by atoms with E-state index in [1.165, 1.54) is 24.3 Å². The van der Waals surface area contributed by atoms with Crippen molar-refractivity contribution in [2.45, 2.75) is 44.4 Å². The van der Waals surface area contributed by atoms with Crippen LogP contribution in [0.3, 0.4) is 0 Å². The lowest BCUT2D eigenvalue weighted by molar-refractivity contribution is -0.129. The third-order valence-corrected chi connectivity index (χ3v) is 6.03. The first kappa shape index (κ1) is 17.9. The number of hydrogen-bond donors (Lipinski definition) is 0. The molecule has 4 nitrogen and oxygen atoms in total. The van der Waals surface area contributed by atoms with Crippen LogP contribution in [0.5, 0.6) is 0 Å². The maximum atomic E-state index is 12.9. The van der Waals surface area contributed by atoms with Crippen LogP contribution in [0.2, 0.25) is 0 Å². The number of amides is 1.